The minimum Gasteiger partial charge on any atom is -0.534 e. The summed E-state index contributed by atoms with van der Waals surface area (Å²) in [7, 11) is -2.73. The van der Waals surface area contributed by atoms with Gasteiger partial charge in [0.25, 0.3) is 0 Å². The van der Waals surface area contributed by atoms with Gasteiger partial charge in [-0.2, -0.15) is 0 Å². The summed E-state index contributed by atoms with van der Waals surface area (Å²) in [6.07, 6.45) is 3.33. The molecule has 2 amide bonds. The van der Waals surface area contributed by atoms with Crippen molar-refractivity contribution in [2.24, 2.45) is 5.92 Å². The quantitative estimate of drug-likeness (QED) is 0.0672. The van der Waals surface area contributed by atoms with E-state index in [0.29, 0.717) is 50.9 Å². The molecule has 0 aromatic heterocycles. The third-order valence-electron chi connectivity index (χ3n) is 11.4. The number of benzene rings is 4. The second-order valence-corrected chi connectivity index (χ2v) is 20.8. The number of hydrogen-bond acceptors (Lipinski definition) is 8. The van der Waals surface area contributed by atoms with Crippen molar-refractivity contribution in [1.82, 2.24) is 15.1 Å². The van der Waals surface area contributed by atoms with Crippen molar-refractivity contribution in [2.45, 2.75) is 77.0 Å². The van der Waals surface area contributed by atoms with Crippen molar-refractivity contribution >= 4 is 36.4 Å². The number of amides is 2. The van der Waals surface area contributed by atoms with Crippen LogP contribution in [0.4, 0.5) is 10.5 Å². The average molecular weight is 807 g/mol. The number of urea groups is 1. The van der Waals surface area contributed by atoms with Crippen LogP contribution in [0.15, 0.2) is 109 Å². The Hall–Kier alpha value is -4.84. The fourth-order valence-corrected chi connectivity index (χ4v) is 12.6. The van der Waals surface area contributed by atoms with Crippen molar-refractivity contribution in [2.75, 3.05) is 57.8 Å². The maximum atomic E-state index is 13.1. The maximum Gasteiger partial charge on any atom is 0.320 e. The highest BCUT2D eigenvalue weighted by atomic mass is 28.4. The van der Waals surface area contributed by atoms with E-state index in [1.165, 1.54) is 15.9 Å². The Bertz CT molecular complexity index is 1820. The lowest BCUT2D eigenvalue weighted by atomic mass is 9.97. The molecule has 10 nitrogen and oxygen atoms in total. The molecule has 0 aliphatic carbocycles. The van der Waals surface area contributed by atoms with Gasteiger partial charge in [0.1, 0.15) is 24.2 Å². The van der Waals surface area contributed by atoms with Crippen molar-refractivity contribution < 1.29 is 28.6 Å². The molecule has 4 aromatic carbocycles. The van der Waals surface area contributed by atoms with Crippen LogP contribution in [0.1, 0.15) is 58.9 Å². The predicted octanol–water partition coefficient (Wildman–Crippen LogP) is 6.47. The first-order valence-electron chi connectivity index (χ1n) is 21.0. The van der Waals surface area contributed by atoms with Crippen LogP contribution in [-0.4, -0.2) is 99.9 Å². The Labute approximate surface area is 346 Å². The molecule has 2 fully saturated rings. The summed E-state index contributed by atoms with van der Waals surface area (Å²) in [5, 5.41) is 20.0. The van der Waals surface area contributed by atoms with E-state index >= 15 is 0 Å². The lowest BCUT2D eigenvalue weighted by Crippen LogP contribution is -2.68. The molecule has 1 unspecified atom stereocenters. The first-order chi connectivity index (χ1) is 28.1. The van der Waals surface area contributed by atoms with Crippen molar-refractivity contribution in [3.05, 3.63) is 115 Å². The number of nitrogens with zero attached hydrogens (tertiary/aromatic N) is 2. The number of esters is 1. The highest BCUT2D eigenvalue weighted by Gasteiger charge is 2.52. The Morgan fingerprint density at radius 1 is 0.776 bits per heavy atom. The van der Waals surface area contributed by atoms with E-state index in [-0.39, 0.29) is 29.6 Å². The van der Waals surface area contributed by atoms with Crippen LogP contribution < -0.4 is 30.2 Å². The van der Waals surface area contributed by atoms with Gasteiger partial charge in [0.2, 0.25) is 0 Å². The summed E-state index contributed by atoms with van der Waals surface area (Å²) in [6, 6.07) is 37.9. The average Bonchev–Trinajstić information content (AvgIpc) is 3.25. The molecule has 310 valence electrons. The monoisotopic (exact) mass is 806 g/mol. The summed E-state index contributed by atoms with van der Waals surface area (Å²) in [5.74, 6) is 1.25. The molecule has 11 heteroatoms. The molecule has 6 rings (SSSR count). The van der Waals surface area contributed by atoms with Gasteiger partial charge >= 0.3 is 20.3 Å². The van der Waals surface area contributed by atoms with Crippen molar-refractivity contribution in [1.29, 1.82) is 0 Å². The smallest absolute Gasteiger partial charge is 0.320 e. The Morgan fingerprint density at radius 2 is 1.33 bits per heavy atom. The van der Waals surface area contributed by atoms with E-state index in [1.807, 2.05) is 53.1 Å². The summed E-state index contributed by atoms with van der Waals surface area (Å²) in [4.78, 5) is 29.0. The number of hydrogen-bond donors (Lipinski definition) is 3. The van der Waals surface area contributed by atoms with Crippen LogP contribution in [0, 0.1) is 5.92 Å². The van der Waals surface area contributed by atoms with E-state index in [2.05, 4.69) is 104 Å². The second kappa shape index (κ2) is 20.2. The Morgan fingerprint density at radius 3 is 1.88 bits per heavy atom. The molecule has 0 spiro atoms. The normalized spacial score (nSPS) is 16.1. The van der Waals surface area contributed by atoms with Crippen LogP contribution in [-0.2, 0) is 16.0 Å². The second-order valence-electron chi connectivity index (χ2n) is 16.6. The first-order valence-corrected chi connectivity index (χ1v) is 22.9. The third kappa shape index (κ3) is 11.0. The van der Waals surface area contributed by atoms with E-state index in [9.17, 15) is 14.7 Å². The van der Waals surface area contributed by atoms with Gasteiger partial charge in [-0.15, -0.1) is 0 Å². The number of aliphatic hydroxyl groups excluding tert-OH is 1. The van der Waals surface area contributed by atoms with E-state index in [0.717, 1.165) is 50.3 Å². The van der Waals surface area contributed by atoms with E-state index in [1.54, 1.807) is 0 Å². The van der Waals surface area contributed by atoms with Crippen molar-refractivity contribution in [3.8, 4) is 11.5 Å². The zero-order valence-corrected chi connectivity index (χ0v) is 35.7. The maximum absolute atomic E-state index is 13.1. The fraction of sp³-hybridized carbons (Fsp3) is 0.447. The highest BCUT2D eigenvalue weighted by molar-refractivity contribution is 7.00. The van der Waals surface area contributed by atoms with Gasteiger partial charge in [-0.25, -0.2) is 4.79 Å². The topological polar surface area (TPSA) is 113 Å². The molecule has 0 saturated carbocycles. The van der Waals surface area contributed by atoms with Gasteiger partial charge in [-0.05, 0) is 103 Å². The lowest BCUT2D eigenvalue weighted by molar-refractivity contribution is -0.149. The minimum absolute atomic E-state index is 0.0855. The molecule has 0 bridgehead atoms. The Balaban J connectivity index is 0.885. The summed E-state index contributed by atoms with van der Waals surface area (Å²) < 4.78 is 18.2. The number of piperidine rings is 2. The zero-order chi connectivity index (χ0) is 41.0. The number of ether oxygens (including phenoxy) is 2. The standard InChI is InChI=1S/C47H62N4O6Si/c1-5-55-45(53)37-25-30-50(31-26-37)46(54)51-32-27-39(28-33-51)49-38-18-16-36(17-19-38)24-29-48-34-40(52)35-56-41-20-22-42(23-21-41)57-58(47(2,3)4,43-12-8-6-9-13-43)44-14-10-7-11-15-44/h6-23,37,39-40,48-49,52H,5,24-35H2,1-4H3. The molecule has 2 saturated heterocycles. The number of aliphatic hydroxyl groups is 1. The third-order valence-corrected chi connectivity index (χ3v) is 16.3. The molecule has 1 atom stereocenters. The van der Waals surface area contributed by atoms with Crippen LogP contribution >= 0.6 is 0 Å². The zero-order valence-electron chi connectivity index (χ0n) is 34.7. The molecule has 2 heterocycles. The lowest BCUT2D eigenvalue weighted by Gasteiger charge is -2.43. The van der Waals surface area contributed by atoms with Gasteiger partial charge in [0, 0.05) is 44.5 Å². The largest absolute Gasteiger partial charge is 0.534 e. The van der Waals surface area contributed by atoms with E-state index in [4.69, 9.17) is 13.9 Å². The van der Waals surface area contributed by atoms with Crippen LogP contribution in [0.3, 0.4) is 0 Å². The first kappa shape index (κ1) is 42.8. The number of anilines is 1. The van der Waals surface area contributed by atoms with E-state index < -0.39 is 14.4 Å². The predicted molar refractivity (Wildman–Crippen MR) is 234 cm³/mol. The molecular formula is C47H62N4O6Si. The highest BCUT2D eigenvalue weighted by Crippen LogP contribution is 2.38. The summed E-state index contributed by atoms with van der Waals surface area (Å²) in [6.45, 7) is 13.0. The number of carbonyl (C=O) groups excluding carboxylic acids is 2. The summed E-state index contributed by atoms with van der Waals surface area (Å²) in [5.41, 5.74) is 2.30. The van der Waals surface area contributed by atoms with Crippen molar-refractivity contribution in [3.63, 3.8) is 0 Å². The number of nitrogens with one attached hydrogen (secondary N) is 2. The van der Waals surface area contributed by atoms with Gasteiger partial charge in [-0.1, -0.05) is 93.6 Å². The molecular weight excluding hydrogens is 745 g/mol. The molecule has 3 N–H and O–H groups in total. The minimum atomic E-state index is -2.73. The van der Waals surface area contributed by atoms with Gasteiger partial charge in [0.05, 0.1) is 12.5 Å². The molecule has 2 aliphatic rings. The van der Waals surface area contributed by atoms with Crippen LogP contribution in [0.5, 0.6) is 11.5 Å². The molecule has 58 heavy (non-hydrogen) atoms. The van der Waals surface area contributed by atoms with Gasteiger partial charge in [-0.3, -0.25) is 4.79 Å². The van der Waals surface area contributed by atoms with Crippen LogP contribution in [0.2, 0.25) is 5.04 Å². The number of rotatable bonds is 16. The molecule has 4 aromatic rings. The fourth-order valence-electron chi connectivity index (χ4n) is 8.17. The number of carbonyl (C=O) groups is 2. The SMILES string of the molecule is CCOC(=O)C1CCN(C(=O)N2CCC(Nc3ccc(CCNCC(O)COc4ccc(O[Si](c5ccccc5)(c5ccccc5)C(C)(C)C)cc4)cc3)CC2)CC1. The van der Waals surface area contributed by atoms with Gasteiger partial charge in [0.15, 0.2) is 0 Å². The summed E-state index contributed by atoms with van der Waals surface area (Å²) >= 11 is 0. The number of likely N-dealkylation sites (tertiary alicyclic amines) is 2. The van der Waals surface area contributed by atoms with Gasteiger partial charge < -0.3 is 39.4 Å². The molecule has 2 aliphatic heterocycles. The van der Waals surface area contributed by atoms with Crippen LogP contribution in [0.25, 0.3) is 0 Å². The Kier molecular flexibility index (Phi) is 14.9. The molecule has 0 radical (unpaired) electrons.